The number of ketones is 1. The summed E-state index contributed by atoms with van der Waals surface area (Å²) in [4.78, 5) is 29.6. The maximum atomic E-state index is 13.1. The molecule has 7 nitrogen and oxygen atoms in total. The zero-order valence-electron chi connectivity index (χ0n) is 17.9. The SMILES string of the molecule is O=C1OC2(CCCCC2)OC(O)=C1[C@@H]1C(=O)C(Br)=C[C@H]1[NH+]1CCN(c2ccccc2)CC1. The molecule has 1 aromatic carbocycles. The number of anilines is 1. The maximum Gasteiger partial charge on any atom is 0.345 e. The van der Waals surface area contributed by atoms with Gasteiger partial charge in [0.1, 0.15) is 17.5 Å². The number of piperazine rings is 1. The summed E-state index contributed by atoms with van der Waals surface area (Å²) in [6.45, 7) is 3.32. The second kappa shape index (κ2) is 8.56. The summed E-state index contributed by atoms with van der Waals surface area (Å²) < 4.78 is 11.9. The second-order valence-electron chi connectivity index (χ2n) is 9.04. The minimum absolute atomic E-state index is 0.0418. The molecule has 2 fully saturated rings. The van der Waals surface area contributed by atoms with Crippen molar-refractivity contribution in [2.45, 2.75) is 43.9 Å². The molecule has 0 aromatic heterocycles. The lowest BCUT2D eigenvalue weighted by molar-refractivity contribution is -0.920. The van der Waals surface area contributed by atoms with Crippen molar-refractivity contribution in [3.05, 3.63) is 52.4 Å². The molecule has 1 aromatic rings. The Hall–Kier alpha value is -2.32. The zero-order valence-corrected chi connectivity index (χ0v) is 19.5. The average molecular weight is 504 g/mol. The van der Waals surface area contributed by atoms with Gasteiger partial charge in [0.2, 0.25) is 0 Å². The van der Waals surface area contributed by atoms with E-state index in [1.807, 2.05) is 24.3 Å². The van der Waals surface area contributed by atoms with E-state index in [-0.39, 0.29) is 17.4 Å². The number of hydrogen-bond donors (Lipinski definition) is 2. The fraction of sp³-hybridized carbons (Fsp3) is 0.500. The molecular formula is C24H28BrN2O5+. The van der Waals surface area contributed by atoms with Crippen LogP contribution in [0.15, 0.2) is 52.4 Å². The lowest BCUT2D eigenvalue weighted by Crippen LogP contribution is -3.18. The molecule has 0 bridgehead atoms. The largest absolute Gasteiger partial charge is 0.480 e. The van der Waals surface area contributed by atoms with Crippen LogP contribution >= 0.6 is 15.9 Å². The molecule has 2 N–H and O–H groups in total. The number of Topliss-reactive ketones (excluding diaryl/α,β-unsaturated/α-hetero) is 1. The number of rotatable bonds is 3. The first-order chi connectivity index (χ1) is 15.5. The van der Waals surface area contributed by atoms with Crippen molar-refractivity contribution in [2.75, 3.05) is 31.1 Å². The Bertz CT molecular complexity index is 962. The fourth-order valence-corrected chi connectivity index (χ4v) is 5.99. The highest BCUT2D eigenvalue weighted by Crippen LogP contribution is 2.42. The summed E-state index contributed by atoms with van der Waals surface area (Å²) in [6.07, 6.45) is 5.81. The predicted octanol–water partition coefficient (Wildman–Crippen LogP) is 2.24. The van der Waals surface area contributed by atoms with Crippen LogP contribution in [0.3, 0.4) is 0 Å². The number of nitrogens with one attached hydrogen (secondary N) is 1. The van der Waals surface area contributed by atoms with Gasteiger partial charge in [-0.05, 0) is 47.0 Å². The molecule has 2 atom stereocenters. The first kappa shape index (κ1) is 21.5. The van der Waals surface area contributed by atoms with E-state index in [4.69, 9.17) is 9.47 Å². The molecule has 2 heterocycles. The minimum Gasteiger partial charge on any atom is -0.480 e. The van der Waals surface area contributed by atoms with E-state index in [2.05, 4.69) is 33.0 Å². The summed E-state index contributed by atoms with van der Waals surface area (Å²) in [5.74, 6) is -3.18. The van der Waals surface area contributed by atoms with E-state index in [1.54, 1.807) is 0 Å². The highest BCUT2D eigenvalue weighted by atomic mass is 79.9. The van der Waals surface area contributed by atoms with Crippen LogP contribution in [0, 0.1) is 5.92 Å². The van der Waals surface area contributed by atoms with Gasteiger partial charge in [0.05, 0.1) is 30.7 Å². The smallest absolute Gasteiger partial charge is 0.345 e. The molecular weight excluding hydrogens is 476 g/mol. The molecule has 8 heteroatoms. The lowest BCUT2D eigenvalue weighted by Gasteiger charge is -2.41. The third kappa shape index (κ3) is 3.83. The van der Waals surface area contributed by atoms with Gasteiger partial charge in [-0.2, -0.15) is 0 Å². The van der Waals surface area contributed by atoms with Crippen molar-refractivity contribution >= 4 is 33.4 Å². The Balaban J connectivity index is 1.36. The van der Waals surface area contributed by atoms with Gasteiger partial charge in [-0.25, -0.2) is 4.79 Å². The summed E-state index contributed by atoms with van der Waals surface area (Å²) in [7, 11) is 0. The number of hydrogen-bond acceptors (Lipinski definition) is 6. The zero-order chi connectivity index (χ0) is 22.3. The van der Waals surface area contributed by atoms with E-state index >= 15 is 0 Å². The number of nitrogens with zero attached hydrogens (tertiary/aromatic N) is 1. The van der Waals surface area contributed by atoms with E-state index in [9.17, 15) is 14.7 Å². The molecule has 2 aliphatic carbocycles. The van der Waals surface area contributed by atoms with Gasteiger partial charge >= 0.3 is 5.97 Å². The molecule has 1 saturated carbocycles. The van der Waals surface area contributed by atoms with E-state index in [0.717, 1.165) is 45.4 Å². The number of esters is 1. The molecule has 170 valence electrons. The third-order valence-electron chi connectivity index (χ3n) is 7.14. The van der Waals surface area contributed by atoms with E-state index in [1.165, 1.54) is 10.6 Å². The Morgan fingerprint density at radius 2 is 1.72 bits per heavy atom. The van der Waals surface area contributed by atoms with Crippen LogP contribution in [0.25, 0.3) is 0 Å². The van der Waals surface area contributed by atoms with Crippen LogP contribution in [0.4, 0.5) is 5.69 Å². The van der Waals surface area contributed by atoms with Crippen molar-refractivity contribution in [1.29, 1.82) is 0 Å². The van der Waals surface area contributed by atoms with Crippen LogP contribution in [0.1, 0.15) is 32.1 Å². The Morgan fingerprint density at radius 1 is 1.03 bits per heavy atom. The number of halogens is 1. The van der Waals surface area contributed by atoms with Crippen LogP contribution in [-0.2, 0) is 19.1 Å². The van der Waals surface area contributed by atoms with E-state index in [0.29, 0.717) is 17.3 Å². The van der Waals surface area contributed by atoms with Gasteiger partial charge in [-0.1, -0.05) is 24.6 Å². The number of ether oxygens (including phenoxy) is 2. The molecule has 4 aliphatic rings. The van der Waals surface area contributed by atoms with Gasteiger partial charge in [-0.15, -0.1) is 0 Å². The number of aliphatic hydroxyl groups excluding tert-OH is 1. The summed E-state index contributed by atoms with van der Waals surface area (Å²) in [5, 5.41) is 10.8. The van der Waals surface area contributed by atoms with Gasteiger partial charge in [0.25, 0.3) is 11.7 Å². The summed E-state index contributed by atoms with van der Waals surface area (Å²) in [5.41, 5.74) is 1.14. The molecule has 0 unspecified atom stereocenters. The van der Waals surface area contributed by atoms with E-state index < -0.39 is 23.6 Å². The number of carbonyl (C=O) groups is 2. The Kier molecular flexibility index (Phi) is 5.75. The molecule has 1 saturated heterocycles. The number of allylic oxidation sites excluding steroid dienone is 1. The van der Waals surface area contributed by atoms with Gasteiger partial charge in [-0.3, -0.25) is 4.79 Å². The lowest BCUT2D eigenvalue weighted by atomic mass is 9.89. The Morgan fingerprint density at radius 3 is 2.38 bits per heavy atom. The van der Waals surface area contributed by atoms with Gasteiger partial charge in [0, 0.05) is 18.5 Å². The van der Waals surface area contributed by atoms with Crippen molar-refractivity contribution in [3.8, 4) is 0 Å². The number of benzene rings is 1. The number of para-hydroxylation sites is 1. The topological polar surface area (TPSA) is 80.5 Å². The number of quaternary nitrogens is 1. The predicted molar refractivity (Wildman–Crippen MR) is 121 cm³/mol. The quantitative estimate of drug-likeness (QED) is 0.615. The fourth-order valence-electron chi connectivity index (χ4n) is 5.45. The van der Waals surface area contributed by atoms with Crippen LogP contribution < -0.4 is 9.80 Å². The van der Waals surface area contributed by atoms with Gasteiger partial charge in [0.15, 0.2) is 5.78 Å². The first-order valence-electron chi connectivity index (χ1n) is 11.4. The Labute approximate surface area is 195 Å². The molecule has 2 aliphatic heterocycles. The minimum atomic E-state index is -1.08. The molecule has 5 rings (SSSR count). The van der Waals surface area contributed by atoms with Crippen LogP contribution in [0.2, 0.25) is 0 Å². The molecule has 0 radical (unpaired) electrons. The second-order valence-corrected chi connectivity index (χ2v) is 9.90. The van der Waals surface area contributed by atoms with Crippen molar-refractivity contribution in [1.82, 2.24) is 0 Å². The monoisotopic (exact) mass is 503 g/mol. The highest BCUT2D eigenvalue weighted by Gasteiger charge is 2.53. The van der Waals surface area contributed by atoms with Crippen LogP contribution in [-0.4, -0.2) is 54.9 Å². The molecule has 1 spiro atoms. The maximum absolute atomic E-state index is 13.1. The molecule has 32 heavy (non-hydrogen) atoms. The first-order valence-corrected chi connectivity index (χ1v) is 12.2. The van der Waals surface area contributed by atoms with Crippen molar-refractivity contribution in [3.63, 3.8) is 0 Å². The average Bonchev–Trinajstić information content (AvgIpc) is 3.09. The summed E-state index contributed by atoms with van der Waals surface area (Å²) in [6, 6.07) is 10.0. The van der Waals surface area contributed by atoms with Crippen molar-refractivity contribution in [2.24, 2.45) is 5.92 Å². The number of carbonyl (C=O) groups excluding carboxylic acids is 2. The number of aliphatic hydroxyl groups is 1. The highest BCUT2D eigenvalue weighted by molar-refractivity contribution is 9.12. The van der Waals surface area contributed by atoms with Crippen molar-refractivity contribution < 1.29 is 29.1 Å². The third-order valence-corrected chi connectivity index (χ3v) is 7.79. The van der Waals surface area contributed by atoms with Crippen LogP contribution in [0.5, 0.6) is 0 Å². The standard InChI is InChI=1S/C24H27BrN2O5/c25-17-15-18(27-13-11-26(12-14-27)16-7-3-1-4-8-16)19(21(17)28)20-22(29)31-24(32-23(20)30)9-5-2-6-10-24/h1,3-4,7-8,15,18-19,29H,2,5-6,9-14H2/p+1/t18-,19-/m1/s1. The normalized spacial score (nSPS) is 28.5. The summed E-state index contributed by atoms with van der Waals surface area (Å²) >= 11 is 3.37. The molecule has 0 amide bonds. The van der Waals surface area contributed by atoms with Gasteiger partial charge < -0.3 is 24.4 Å².